The van der Waals surface area contributed by atoms with Gasteiger partial charge in [0.2, 0.25) is 5.91 Å². The van der Waals surface area contributed by atoms with Gasteiger partial charge in [-0.1, -0.05) is 72.6 Å². The van der Waals surface area contributed by atoms with Crippen molar-refractivity contribution >= 4 is 17.8 Å². The highest BCUT2D eigenvalue weighted by atomic mass is 16.5. The Labute approximate surface area is 159 Å². The molecular formula is C20H39N3O3. The number of unbranched alkanes of at least 4 members (excludes halogenated alkanes) is 7. The Morgan fingerprint density at radius 2 is 1.54 bits per heavy atom. The number of esters is 1. The summed E-state index contributed by atoms with van der Waals surface area (Å²) in [5.41, 5.74) is -0.0913. The molecule has 0 atom stereocenters. The molecule has 0 saturated heterocycles. The number of likely N-dealkylation sites (N-methyl/N-ethyl adjacent to an activating group) is 1. The standard InChI is InChI=1S/C20H39N3O3/c1-6-7-8-9-10-11-12-13-14-17(24)22-19(21)23(5)15-18(25)26-16-20(2,3)4/h6-16H2,1-5H3,(H2,21,22,24). The van der Waals surface area contributed by atoms with Crippen molar-refractivity contribution < 1.29 is 14.3 Å². The van der Waals surface area contributed by atoms with Gasteiger partial charge in [-0.3, -0.25) is 20.3 Å². The van der Waals surface area contributed by atoms with E-state index < -0.39 is 5.97 Å². The Bertz CT molecular complexity index is 431. The third kappa shape index (κ3) is 14.7. The molecule has 0 aliphatic carbocycles. The average molecular weight is 370 g/mol. The molecule has 0 aromatic rings. The summed E-state index contributed by atoms with van der Waals surface area (Å²) >= 11 is 0. The number of guanidine groups is 1. The molecule has 0 unspecified atom stereocenters. The number of hydrogen-bond acceptors (Lipinski definition) is 4. The first-order valence-electron chi connectivity index (χ1n) is 9.91. The van der Waals surface area contributed by atoms with Crippen molar-refractivity contribution in [2.75, 3.05) is 20.2 Å². The van der Waals surface area contributed by atoms with Gasteiger partial charge in [0, 0.05) is 13.5 Å². The lowest BCUT2D eigenvalue weighted by molar-refractivity contribution is -0.146. The lowest BCUT2D eigenvalue weighted by Crippen LogP contribution is -2.44. The monoisotopic (exact) mass is 369 g/mol. The van der Waals surface area contributed by atoms with Crippen molar-refractivity contribution in [2.45, 2.75) is 85.5 Å². The van der Waals surface area contributed by atoms with Gasteiger partial charge < -0.3 is 9.64 Å². The molecule has 0 spiro atoms. The topological polar surface area (TPSA) is 82.5 Å². The van der Waals surface area contributed by atoms with Gasteiger partial charge in [0.25, 0.3) is 0 Å². The summed E-state index contributed by atoms with van der Waals surface area (Å²) in [6.07, 6.45) is 9.84. The Balaban J connectivity index is 3.82. The van der Waals surface area contributed by atoms with Crippen molar-refractivity contribution in [1.82, 2.24) is 10.2 Å². The minimum atomic E-state index is -0.399. The van der Waals surface area contributed by atoms with E-state index in [9.17, 15) is 9.59 Å². The molecular weight excluding hydrogens is 330 g/mol. The van der Waals surface area contributed by atoms with Gasteiger partial charge in [0.05, 0.1) is 6.61 Å². The van der Waals surface area contributed by atoms with Crippen LogP contribution in [-0.2, 0) is 14.3 Å². The summed E-state index contributed by atoms with van der Waals surface area (Å²) in [5, 5.41) is 10.4. The van der Waals surface area contributed by atoms with E-state index in [1.165, 1.54) is 37.0 Å². The van der Waals surface area contributed by atoms with Crippen molar-refractivity contribution in [2.24, 2.45) is 5.41 Å². The van der Waals surface area contributed by atoms with Crippen LogP contribution in [-0.4, -0.2) is 42.9 Å². The van der Waals surface area contributed by atoms with Crippen LogP contribution in [0.4, 0.5) is 0 Å². The first kappa shape index (κ1) is 24.4. The fraction of sp³-hybridized carbons (Fsp3) is 0.850. The van der Waals surface area contributed by atoms with Crippen LogP contribution < -0.4 is 5.32 Å². The summed E-state index contributed by atoms with van der Waals surface area (Å²) in [5.74, 6) is -0.636. The lowest BCUT2D eigenvalue weighted by atomic mass is 9.99. The number of carbonyl (C=O) groups is 2. The number of hydrogen-bond donors (Lipinski definition) is 2. The molecule has 0 heterocycles. The molecule has 0 aliphatic rings. The van der Waals surface area contributed by atoms with E-state index in [-0.39, 0.29) is 23.8 Å². The highest BCUT2D eigenvalue weighted by Crippen LogP contribution is 2.13. The number of nitrogens with one attached hydrogen (secondary N) is 2. The largest absolute Gasteiger partial charge is 0.464 e. The summed E-state index contributed by atoms with van der Waals surface area (Å²) < 4.78 is 5.17. The second-order valence-corrected chi connectivity index (χ2v) is 8.20. The summed E-state index contributed by atoms with van der Waals surface area (Å²) in [6, 6.07) is 0. The smallest absolute Gasteiger partial charge is 0.325 e. The first-order valence-corrected chi connectivity index (χ1v) is 9.91. The van der Waals surface area contributed by atoms with Crippen LogP contribution in [0.25, 0.3) is 0 Å². The van der Waals surface area contributed by atoms with Gasteiger partial charge in [-0.2, -0.15) is 0 Å². The van der Waals surface area contributed by atoms with Crippen molar-refractivity contribution in [3.63, 3.8) is 0 Å². The third-order valence-corrected chi connectivity index (χ3v) is 3.93. The minimum absolute atomic E-state index is 0.0487. The maximum absolute atomic E-state index is 11.9. The molecule has 0 aliphatic heterocycles. The van der Waals surface area contributed by atoms with Gasteiger partial charge in [0.15, 0.2) is 5.96 Å². The normalized spacial score (nSPS) is 11.1. The van der Waals surface area contributed by atoms with E-state index in [1.54, 1.807) is 7.05 Å². The Kier molecular flexibility index (Phi) is 12.8. The molecule has 1 amide bonds. The van der Waals surface area contributed by atoms with Crippen LogP contribution in [0.3, 0.4) is 0 Å². The predicted octanol–water partition coefficient (Wildman–Crippen LogP) is 4.09. The molecule has 0 bridgehead atoms. The molecule has 0 rings (SSSR count). The van der Waals surface area contributed by atoms with Crippen LogP contribution >= 0.6 is 0 Å². The van der Waals surface area contributed by atoms with Gasteiger partial charge in [-0.25, -0.2) is 0 Å². The predicted molar refractivity (Wildman–Crippen MR) is 106 cm³/mol. The molecule has 152 valence electrons. The van der Waals surface area contributed by atoms with E-state index in [0.29, 0.717) is 13.0 Å². The molecule has 0 fully saturated rings. The van der Waals surface area contributed by atoms with Crippen LogP contribution in [0.15, 0.2) is 0 Å². The van der Waals surface area contributed by atoms with Crippen LogP contribution in [0.1, 0.15) is 85.5 Å². The molecule has 6 nitrogen and oxygen atoms in total. The molecule has 0 aromatic carbocycles. The SMILES string of the molecule is CCCCCCCCCCC(=O)NC(=N)N(C)CC(=O)OCC(C)(C)C. The van der Waals surface area contributed by atoms with Crippen molar-refractivity contribution in [3.05, 3.63) is 0 Å². The molecule has 0 aromatic heterocycles. The van der Waals surface area contributed by atoms with E-state index in [1.807, 2.05) is 20.8 Å². The molecule has 0 saturated carbocycles. The number of amides is 1. The second-order valence-electron chi connectivity index (χ2n) is 8.20. The van der Waals surface area contributed by atoms with Gasteiger partial charge in [0.1, 0.15) is 6.54 Å². The molecule has 2 N–H and O–H groups in total. The van der Waals surface area contributed by atoms with Crippen LogP contribution in [0, 0.1) is 10.8 Å². The average Bonchev–Trinajstić information content (AvgIpc) is 2.54. The number of nitrogens with zero attached hydrogens (tertiary/aromatic N) is 1. The summed E-state index contributed by atoms with van der Waals surface area (Å²) in [7, 11) is 1.59. The quantitative estimate of drug-likeness (QED) is 0.235. The first-order chi connectivity index (χ1) is 12.2. The van der Waals surface area contributed by atoms with Gasteiger partial charge in [-0.15, -0.1) is 0 Å². The van der Waals surface area contributed by atoms with E-state index >= 15 is 0 Å². The number of carbonyl (C=O) groups excluding carboxylic acids is 2. The van der Waals surface area contributed by atoms with E-state index in [2.05, 4.69) is 12.2 Å². The Hall–Kier alpha value is -1.59. The molecule has 0 radical (unpaired) electrons. The Morgan fingerprint density at radius 1 is 1.00 bits per heavy atom. The maximum Gasteiger partial charge on any atom is 0.325 e. The minimum Gasteiger partial charge on any atom is -0.464 e. The molecule has 26 heavy (non-hydrogen) atoms. The Morgan fingerprint density at radius 3 is 2.08 bits per heavy atom. The summed E-state index contributed by atoms with van der Waals surface area (Å²) in [6.45, 7) is 8.44. The number of ether oxygens (including phenoxy) is 1. The number of rotatable bonds is 12. The second kappa shape index (κ2) is 13.6. The zero-order chi connectivity index (χ0) is 20.0. The zero-order valence-electron chi connectivity index (χ0n) is 17.5. The molecule has 6 heteroatoms. The van der Waals surface area contributed by atoms with Crippen LogP contribution in [0.2, 0.25) is 0 Å². The third-order valence-electron chi connectivity index (χ3n) is 3.93. The zero-order valence-corrected chi connectivity index (χ0v) is 17.5. The van der Waals surface area contributed by atoms with E-state index in [4.69, 9.17) is 10.1 Å². The van der Waals surface area contributed by atoms with Crippen molar-refractivity contribution in [1.29, 1.82) is 5.41 Å². The fourth-order valence-corrected chi connectivity index (χ4v) is 2.32. The highest BCUT2D eigenvalue weighted by Gasteiger charge is 2.17. The van der Waals surface area contributed by atoms with E-state index in [0.717, 1.165) is 19.3 Å². The fourth-order valence-electron chi connectivity index (χ4n) is 2.32. The summed E-state index contributed by atoms with van der Waals surface area (Å²) in [4.78, 5) is 25.0. The van der Waals surface area contributed by atoms with Crippen LogP contribution in [0.5, 0.6) is 0 Å². The van der Waals surface area contributed by atoms with Gasteiger partial charge >= 0.3 is 5.97 Å². The van der Waals surface area contributed by atoms with Gasteiger partial charge in [-0.05, 0) is 11.8 Å². The lowest BCUT2D eigenvalue weighted by Gasteiger charge is -2.21. The highest BCUT2D eigenvalue weighted by molar-refractivity contribution is 5.96. The maximum atomic E-state index is 11.9. The van der Waals surface area contributed by atoms with Crippen molar-refractivity contribution in [3.8, 4) is 0 Å².